The molecule has 0 aromatic carbocycles. The highest BCUT2D eigenvalue weighted by Gasteiger charge is 2.38. The zero-order valence-corrected chi connectivity index (χ0v) is 13.4. The summed E-state index contributed by atoms with van der Waals surface area (Å²) >= 11 is 0. The number of likely N-dealkylation sites (N-methyl/N-ethyl adjacent to an activating group) is 1. The molecule has 7 heteroatoms. The maximum absolute atomic E-state index is 12.7. The van der Waals surface area contributed by atoms with Gasteiger partial charge >= 0.3 is 0 Å². The molecule has 2 rings (SSSR count). The maximum atomic E-state index is 12.7. The van der Waals surface area contributed by atoms with Crippen LogP contribution >= 0.6 is 0 Å². The minimum Gasteiger partial charge on any atom is -0.352 e. The Labute approximate surface area is 121 Å². The molecule has 0 aliphatic carbocycles. The highest BCUT2D eigenvalue weighted by Crippen LogP contribution is 2.27. The van der Waals surface area contributed by atoms with Crippen molar-refractivity contribution in [2.24, 2.45) is 18.7 Å². The third-order valence-electron chi connectivity index (χ3n) is 4.13. The van der Waals surface area contributed by atoms with Crippen LogP contribution in [0.4, 0.5) is 0 Å². The van der Waals surface area contributed by atoms with Crippen LogP contribution in [0.5, 0.6) is 0 Å². The predicted octanol–water partition coefficient (Wildman–Crippen LogP) is 0.0544. The first-order valence-corrected chi connectivity index (χ1v) is 8.23. The standard InChI is InChI=1S/C13H24N4O2S/c1-10-7-17(9-13(10)15(2)3)20(18,19)12-5-11(6-14)16(4)8-12/h5,8,10,13H,6-7,9,14H2,1-4H3. The zero-order chi connectivity index (χ0) is 15.1. The quantitative estimate of drug-likeness (QED) is 0.853. The summed E-state index contributed by atoms with van der Waals surface area (Å²) in [5, 5.41) is 0. The minimum absolute atomic E-state index is 0.266. The largest absolute Gasteiger partial charge is 0.352 e. The van der Waals surface area contributed by atoms with Gasteiger partial charge in [0.1, 0.15) is 4.90 Å². The van der Waals surface area contributed by atoms with E-state index in [1.54, 1.807) is 21.1 Å². The van der Waals surface area contributed by atoms with Crippen LogP contribution in [0.2, 0.25) is 0 Å². The van der Waals surface area contributed by atoms with E-state index in [-0.39, 0.29) is 6.04 Å². The van der Waals surface area contributed by atoms with E-state index in [1.165, 1.54) is 0 Å². The molecule has 0 saturated carbocycles. The summed E-state index contributed by atoms with van der Waals surface area (Å²) in [6, 6.07) is 1.94. The Bertz CT molecular complexity index is 579. The van der Waals surface area contributed by atoms with Gasteiger partial charge in [-0.3, -0.25) is 0 Å². The lowest BCUT2D eigenvalue weighted by atomic mass is 10.1. The van der Waals surface area contributed by atoms with Crippen LogP contribution in [-0.2, 0) is 23.6 Å². The number of rotatable bonds is 4. The Hall–Kier alpha value is -0.890. The first-order valence-electron chi connectivity index (χ1n) is 6.79. The van der Waals surface area contributed by atoms with E-state index >= 15 is 0 Å². The molecule has 0 bridgehead atoms. The Kier molecular flexibility index (Phi) is 4.24. The van der Waals surface area contributed by atoms with Gasteiger partial charge in [0, 0.05) is 44.6 Å². The smallest absolute Gasteiger partial charge is 0.244 e. The first-order chi connectivity index (χ1) is 9.27. The van der Waals surface area contributed by atoms with Gasteiger partial charge in [-0.2, -0.15) is 4.31 Å². The molecular formula is C13H24N4O2S. The van der Waals surface area contributed by atoms with Crippen molar-refractivity contribution in [3.05, 3.63) is 18.0 Å². The number of aromatic nitrogens is 1. The summed E-state index contributed by atoms with van der Waals surface area (Å²) in [5.41, 5.74) is 6.43. The zero-order valence-electron chi connectivity index (χ0n) is 12.6. The van der Waals surface area contributed by atoms with Crippen LogP contribution in [-0.4, -0.2) is 55.4 Å². The Morgan fingerprint density at radius 1 is 1.40 bits per heavy atom. The number of sulfonamides is 1. The fraction of sp³-hybridized carbons (Fsp3) is 0.692. The van der Waals surface area contributed by atoms with Crippen molar-refractivity contribution in [2.45, 2.75) is 24.4 Å². The SMILES string of the molecule is CC1CN(S(=O)(=O)c2cc(CN)n(C)c2)CC1N(C)C. The lowest BCUT2D eigenvalue weighted by Crippen LogP contribution is -2.35. The molecule has 114 valence electrons. The van der Waals surface area contributed by atoms with Crippen molar-refractivity contribution in [3.8, 4) is 0 Å². The van der Waals surface area contributed by atoms with Gasteiger partial charge in [-0.25, -0.2) is 8.42 Å². The number of nitrogens with two attached hydrogens (primary N) is 1. The van der Waals surface area contributed by atoms with Gasteiger partial charge in [-0.15, -0.1) is 0 Å². The molecule has 0 amide bonds. The molecule has 0 radical (unpaired) electrons. The first kappa shape index (κ1) is 15.5. The summed E-state index contributed by atoms with van der Waals surface area (Å²) in [6.45, 7) is 3.54. The van der Waals surface area contributed by atoms with Gasteiger partial charge in [-0.1, -0.05) is 6.92 Å². The normalized spacial score (nSPS) is 24.7. The molecule has 0 spiro atoms. The van der Waals surface area contributed by atoms with Crippen LogP contribution < -0.4 is 5.73 Å². The molecule has 1 fully saturated rings. The number of hydrogen-bond acceptors (Lipinski definition) is 4. The Morgan fingerprint density at radius 2 is 2.05 bits per heavy atom. The Balaban J connectivity index is 2.27. The van der Waals surface area contributed by atoms with Crippen molar-refractivity contribution in [3.63, 3.8) is 0 Å². The van der Waals surface area contributed by atoms with Crippen molar-refractivity contribution >= 4 is 10.0 Å². The lowest BCUT2D eigenvalue weighted by molar-refractivity contribution is 0.263. The van der Waals surface area contributed by atoms with Crippen molar-refractivity contribution in [1.82, 2.24) is 13.8 Å². The highest BCUT2D eigenvalue weighted by molar-refractivity contribution is 7.89. The maximum Gasteiger partial charge on any atom is 0.244 e. The van der Waals surface area contributed by atoms with Crippen LogP contribution in [0, 0.1) is 5.92 Å². The third-order valence-corrected chi connectivity index (χ3v) is 5.93. The van der Waals surface area contributed by atoms with Crippen LogP contribution in [0.3, 0.4) is 0 Å². The van der Waals surface area contributed by atoms with E-state index in [0.717, 1.165) is 5.69 Å². The van der Waals surface area contributed by atoms with Crippen LogP contribution in [0.15, 0.2) is 17.2 Å². The fourth-order valence-corrected chi connectivity index (χ4v) is 4.50. The molecule has 2 N–H and O–H groups in total. The molecule has 1 aliphatic rings. The number of nitrogens with zero attached hydrogens (tertiary/aromatic N) is 3. The molecule has 2 heterocycles. The van der Waals surface area contributed by atoms with Crippen molar-refractivity contribution in [2.75, 3.05) is 27.2 Å². The number of hydrogen-bond donors (Lipinski definition) is 1. The topological polar surface area (TPSA) is 71.6 Å². The number of aryl methyl sites for hydroxylation is 1. The van der Waals surface area contributed by atoms with Crippen molar-refractivity contribution in [1.29, 1.82) is 0 Å². The summed E-state index contributed by atoms with van der Waals surface area (Å²) in [6.07, 6.45) is 1.64. The second-order valence-corrected chi connectivity index (χ2v) is 7.75. The van der Waals surface area contributed by atoms with Gasteiger partial charge in [-0.05, 0) is 26.1 Å². The summed E-state index contributed by atoms with van der Waals surface area (Å²) in [7, 11) is 2.38. The summed E-state index contributed by atoms with van der Waals surface area (Å²) in [5.74, 6) is 0.331. The average molecular weight is 300 g/mol. The second kappa shape index (κ2) is 5.48. The van der Waals surface area contributed by atoms with Crippen molar-refractivity contribution < 1.29 is 8.42 Å². The molecular weight excluding hydrogens is 276 g/mol. The molecule has 2 atom stereocenters. The van der Waals surface area contributed by atoms with E-state index in [1.807, 2.05) is 21.1 Å². The summed E-state index contributed by atoms with van der Waals surface area (Å²) < 4.78 is 28.7. The second-order valence-electron chi connectivity index (χ2n) is 5.81. The molecule has 1 aromatic rings. The Morgan fingerprint density at radius 3 is 2.50 bits per heavy atom. The van der Waals surface area contributed by atoms with E-state index in [2.05, 4.69) is 11.8 Å². The highest BCUT2D eigenvalue weighted by atomic mass is 32.2. The molecule has 1 aromatic heterocycles. The van der Waals surface area contributed by atoms with E-state index in [4.69, 9.17) is 5.73 Å². The van der Waals surface area contributed by atoms with Gasteiger partial charge < -0.3 is 15.2 Å². The molecule has 20 heavy (non-hydrogen) atoms. The predicted molar refractivity (Wildman–Crippen MR) is 78.7 cm³/mol. The third kappa shape index (κ3) is 2.63. The van der Waals surface area contributed by atoms with Gasteiger partial charge in [0.15, 0.2) is 0 Å². The fourth-order valence-electron chi connectivity index (χ4n) is 2.84. The molecule has 2 unspecified atom stereocenters. The van der Waals surface area contributed by atoms with E-state index in [0.29, 0.717) is 30.4 Å². The van der Waals surface area contributed by atoms with Crippen LogP contribution in [0.1, 0.15) is 12.6 Å². The molecule has 1 saturated heterocycles. The molecule has 1 aliphatic heterocycles. The minimum atomic E-state index is -3.42. The average Bonchev–Trinajstić information content (AvgIpc) is 2.93. The molecule has 6 nitrogen and oxygen atoms in total. The monoisotopic (exact) mass is 300 g/mol. The van der Waals surface area contributed by atoms with Gasteiger partial charge in [0.25, 0.3) is 0 Å². The summed E-state index contributed by atoms with van der Waals surface area (Å²) in [4.78, 5) is 2.43. The van der Waals surface area contributed by atoms with Crippen LogP contribution in [0.25, 0.3) is 0 Å². The van der Waals surface area contributed by atoms with E-state index in [9.17, 15) is 8.42 Å². The van der Waals surface area contributed by atoms with Gasteiger partial charge in [0.2, 0.25) is 10.0 Å². The lowest BCUT2D eigenvalue weighted by Gasteiger charge is -2.22. The van der Waals surface area contributed by atoms with E-state index < -0.39 is 10.0 Å². The van der Waals surface area contributed by atoms with Gasteiger partial charge in [0.05, 0.1) is 0 Å².